The summed E-state index contributed by atoms with van der Waals surface area (Å²) in [6, 6.07) is 11.5. The third-order valence-corrected chi connectivity index (χ3v) is 5.86. The third kappa shape index (κ3) is 5.50. The summed E-state index contributed by atoms with van der Waals surface area (Å²) in [4.78, 5) is 45.3. The van der Waals surface area contributed by atoms with E-state index in [0.717, 1.165) is 11.1 Å². The van der Waals surface area contributed by atoms with E-state index in [1.54, 1.807) is 17.2 Å². The van der Waals surface area contributed by atoms with Crippen LogP contribution in [-0.4, -0.2) is 77.9 Å². The van der Waals surface area contributed by atoms with Crippen LogP contribution in [0.15, 0.2) is 47.4 Å². The van der Waals surface area contributed by atoms with Crippen molar-refractivity contribution in [2.45, 2.75) is 13.0 Å². The Balaban J connectivity index is 1.78. The number of methoxy groups -OCH3 is 1. The van der Waals surface area contributed by atoms with Crippen LogP contribution < -0.4 is 10.9 Å². The Morgan fingerprint density at radius 2 is 1.91 bits per heavy atom. The van der Waals surface area contributed by atoms with Crippen molar-refractivity contribution >= 4 is 22.8 Å². The van der Waals surface area contributed by atoms with E-state index in [-0.39, 0.29) is 36.6 Å². The number of aromatic hydroxyl groups is 1. The van der Waals surface area contributed by atoms with E-state index < -0.39 is 22.8 Å². The second-order valence-electron chi connectivity index (χ2n) is 8.23. The van der Waals surface area contributed by atoms with Crippen LogP contribution in [0.1, 0.15) is 21.5 Å². The van der Waals surface area contributed by atoms with E-state index in [1.807, 2.05) is 30.3 Å². The molecule has 4 rings (SSSR count). The van der Waals surface area contributed by atoms with Crippen molar-refractivity contribution < 1.29 is 24.2 Å². The topological polar surface area (TPSA) is 123 Å². The summed E-state index contributed by atoms with van der Waals surface area (Å²) in [6.45, 7) is 1.80. The Labute approximate surface area is 202 Å². The molecule has 0 bridgehead atoms. The number of pyridine rings is 2. The molecule has 2 aromatic heterocycles. The lowest BCUT2D eigenvalue weighted by Gasteiger charge is -2.27. The van der Waals surface area contributed by atoms with Gasteiger partial charge in [0.25, 0.3) is 11.5 Å². The fraction of sp³-hybridized carbons (Fsp3) is 0.360. The number of benzene rings is 1. The van der Waals surface area contributed by atoms with Crippen LogP contribution in [0.4, 0.5) is 0 Å². The number of carbonyl (C=O) groups is 2. The van der Waals surface area contributed by atoms with Gasteiger partial charge in [0.15, 0.2) is 5.75 Å². The molecule has 1 fully saturated rings. The number of hydrogen-bond acceptors (Lipinski definition) is 7. The summed E-state index contributed by atoms with van der Waals surface area (Å²) in [6.07, 6.45) is 2.15. The maximum absolute atomic E-state index is 13.5. The molecule has 3 aromatic rings. The van der Waals surface area contributed by atoms with Gasteiger partial charge in [-0.2, -0.15) is 0 Å². The molecule has 35 heavy (non-hydrogen) atoms. The minimum Gasteiger partial charge on any atom is -0.505 e. The van der Waals surface area contributed by atoms with Gasteiger partial charge in [-0.15, -0.1) is 0 Å². The number of aromatic nitrogens is 2. The van der Waals surface area contributed by atoms with Gasteiger partial charge < -0.3 is 24.8 Å². The zero-order valence-electron chi connectivity index (χ0n) is 19.5. The minimum absolute atomic E-state index is 0.0769. The molecule has 1 aliphatic heterocycles. The summed E-state index contributed by atoms with van der Waals surface area (Å²) in [5.74, 6) is -1.54. The molecule has 0 saturated carbocycles. The summed E-state index contributed by atoms with van der Waals surface area (Å²) < 4.78 is 11.5. The molecule has 0 unspecified atom stereocenters. The molecule has 184 valence electrons. The average Bonchev–Trinajstić information content (AvgIpc) is 2.88. The maximum Gasteiger partial charge on any atom is 0.268 e. The first-order chi connectivity index (χ1) is 17.0. The predicted molar refractivity (Wildman–Crippen MR) is 129 cm³/mol. The number of nitrogens with zero attached hydrogens (tertiary/aromatic N) is 3. The lowest BCUT2D eigenvalue weighted by atomic mass is 10.1. The molecule has 2 amide bonds. The monoisotopic (exact) mass is 480 g/mol. The van der Waals surface area contributed by atoms with E-state index in [1.165, 1.54) is 11.7 Å². The van der Waals surface area contributed by atoms with Gasteiger partial charge >= 0.3 is 0 Å². The summed E-state index contributed by atoms with van der Waals surface area (Å²) in [5, 5.41) is 13.4. The normalized spacial score (nSPS) is 13.7. The van der Waals surface area contributed by atoms with Crippen LogP contribution >= 0.6 is 0 Å². The Kier molecular flexibility index (Phi) is 7.74. The van der Waals surface area contributed by atoms with Gasteiger partial charge in [0.1, 0.15) is 17.6 Å². The summed E-state index contributed by atoms with van der Waals surface area (Å²) in [5.41, 5.74) is 0.999. The number of fused-ring (bicyclic) bond motifs is 1. The number of nitrogens with one attached hydrogen (secondary N) is 1. The number of hydrogen-bond donors (Lipinski definition) is 2. The molecule has 1 aromatic carbocycles. The summed E-state index contributed by atoms with van der Waals surface area (Å²) in [7, 11) is 1.49. The van der Waals surface area contributed by atoms with Crippen LogP contribution in [0, 0.1) is 0 Å². The molecule has 1 aliphatic rings. The molecular weight excluding hydrogens is 452 g/mol. The number of ether oxygens (including phenoxy) is 2. The van der Waals surface area contributed by atoms with Gasteiger partial charge in [0.05, 0.1) is 25.3 Å². The fourth-order valence-corrected chi connectivity index (χ4v) is 4.04. The van der Waals surface area contributed by atoms with Gasteiger partial charge in [0.2, 0.25) is 5.91 Å². The predicted octanol–water partition coefficient (Wildman–Crippen LogP) is 0.928. The van der Waals surface area contributed by atoms with Crippen molar-refractivity contribution in [3.8, 4) is 5.75 Å². The highest BCUT2D eigenvalue weighted by Crippen LogP contribution is 2.26. The Hall–Kier alpha value is -3.76. The first-order valence-electron chi connectivity index (χ1n) is 11.4. The molecular formula is C25H28N4O6. The lowest BCUT2D eigenvalue weighted by molar-refractivity contribution is -0.135. The zero-order chi connectivity index (χ0) is 24.8. The second-order valence-corrected chi connectivity index (χ2v) is 8.23. The van der Waals surface area contributed by atoms with Gasteiger partial charge in [-0.25, -0.2) is 0 Å². The smallest absolute Gasteiger partial charge is 0.268 e. The van der Waals surface area contributed by atoms with Crippen molar-refractivity contribution in [2.24, 2.45) is 0 Å². The molecule has 10 heteroatoms. The van der Waals surface area contributed by atoms with Crippen LogP contribution in [0.3, 0.4) is 0 Å². The van der Waals surface area contributed by atoms with Gasteiger partial charge in [0, 0.05) is 32.9 Å². The largest absolute Gasteiger partial charge is 0.505 e. The first-order valence-corrected chi connectivity index (χ1v) is 11.4. The first kappa shape index (κ1) is 24.4. The third-order valence-electron chi connectivity index (χ3n) is 5.86. The highest BCUT2D eigenvalue weighted by atomic mass is 16.5. The molecule has 10 nitrogen and oxygen atoms in total. The van der Waals surface area contributed by atoms with Crippen LogP contribution in [0.5, 0.6) is 5.75 Å². The van der Waals surface area contributed by atoms with E-state index in [9.17, 15) is 19.5 Å². The Morgan fingerprint density at radius 3 is 2.63 bits per heavy atom. The number of rotatable bonds is 8. The molecule has 0 spiro atoms. The van der Waals surface area contributed by atoms with Crippen molar-refractivity contribution in [1.29, 1.82) is 0 Å². The minimum atomic E-state index is -0.759. The van der Waals surface area contributed by atoms with E-state index in [4.69, 9.17) is 9.47 Å². The van der Waals surface area contributed by atoms with Crippen molar-refractivity contribution in [2.75, 3.05) is 46.6 Å². The average molecular weight is 481 g/mol. The van der Waals surface area contributed by atoms with Gasteiger partial charge in [-0.05, 0) is 23.6 Å². The van der Waals surface area contributed by atoms with Crippen molar-refractivity contribution in [3.05, 3.63) is 69.6 Å². The van der Waals surface area contributed by atoms with E-state index >= 15 is 0 Å². The second kappa shape index (κ2) is 11.1. The summed E-state index contributed by atoms with van der Waals surface area (Å²) >= 11 is 0. The molecule has 0 aliphatic carbocycles. The van der Waals surface area contributed by atoms with E-state index in [0.29, 0.717) is 32.7 Å². The molecule has 1 saturated heterocycles. The molecule has 0 radical (unpaired) electrons. The number of amides is 2. The van der Waals surface area contributed by atoms with Gasteiger partial charge in [-0.1, -0.05) is 30.3 Å². The molecule has 0 atom stereocenters. The molecule has 2 N–H and O–H groups in total. The van der Waals surface area contributed by atoms with Crippen molar-refractivity contribution in [3.63, 3.8) is 0 Å². The maximum atomic E-state index is 13.5. The highest BCUT2D eigenvalue weighted by molar-refractivity contribution is 6.01. The van der Waals surface area contributed by atoms with Gasteiger partial charge in [-0.3, -0.25) is 23.9 Å². The van der Waals surface area contributed by atoms with Crippen LogP contribution in [-0.2, 0) is 27.2 Å². The van der Waals surface area contributed by atoms with Crippen LogP contribution in [0.2, 0.25) is 0 Å². The number of morpholine rings is 1. The SMILES string of the molecule is COCCNC(=O)c1c(O)c2ncc(Cc3ccccc3)cc2n(CC(=O)N2CCOCC2)c1=O. The number of carbonyl (C=O) groups excluding carboxylic acids is 2. The standard InChI is InChI=1S/C25H28N4O6/c1-34-10-7-26-24(32)21-23(31)22-19(14-18(15-27-22)13-17-5-3-2-4-6-17)29(25(21)33)16-20(30)28-8-11-35-12-9-28/h2-6,14-15,31H,7-13,16H2,1H3,(H,26,32). The Morgan fingerprint density at radius 1 is 1.17 bits per heavy atom. The fourth-order valence-electron chi connectivity index (χ4n) is 4.04. The quantitative estimate of drug-likeness (QED) is 0.460. The van der Waals surface area contributed by atoms with Crippen LogP contribution in [0.25, 0.3) is 11.0 Å². The zero-order valence-corrected chi connectivity index (χ0v) is 19.5. The van der Waals surface area contributed by atoms with Crippen molar-refractivity contribution in [1.82, 2.24) is 19.8 Å². The lowest BCUT2D eigenvalue weighted by Crippen LogP contribution is -2.44. The Bertz CT molecular complexity index is 1270. The molecule has 3 heterocycles. The highest BCUT2D eigenvalue weighted by Gasteiger charge is 2.26. The van der Waals surface area contributed by atoms with E-state index in [2.05, 4.69) is 10.3 Å².